The van der Waals surface area contributed by atoms with Crippen molar-refractivity contribution in [1.82, 2.24) is 4.90 Å². The Bertz CT molecular complexity index is 1180. The fourth-order valence-corrected chi connectivity index (χ4v) is 5.41. The molecule has 3 rings (SSSR count). The highest BCUT2D eigenvalue weighted by Gasteiger charge is 2.41. The number of ether oxygens (including phenoxy) is 2. The summed E-state index contributed by atoms with van der Waals surface area (Å²) in [7, 11) is 0. The van der Waals surface area contributed by atoms with Gasteiger partial charge in [0, 0.05) is 12.1 Å². The number of carbonyl (C=O) groups excluding carboxylic acids is 3. The third-order valence-corrected chi connectivity index (χ3v) is 6.72. The zero-order valence-electron chi connectivity index (χ0n) is 17.9. The van der Waals surface area contributed by atoms with Crippen LogP contribution in [0.4, 0.5) is 10.5 Å². The molecule has 2 aromatic carbocycles. The first-order valence-electron chi connectivity index (χ1n) is 9.91. The van der Waals surface area contributed by atoms with Crippen LogP contribution in [0.15, 0.2) is 50.2 Å². The molecule has 0 bridgehead atoms. The predicted octanol–water partition coefficient (Wildman–Crippen LogP) is 5.69. The van der Waals surface area contributed by atoms with Crippen LogP contribution in [0.25, 0.3) is 6.08 Å². The minimum Gasteiger partial charge on any atom is -0.487 e. The van der Waals surface area contributed by atoms with Crippen molar-refractivity contribution in [3.8, 4) is 5.75 Å². The van der Waals surface area contributed by atoms with Gasteiger partial charge in [0.25, 0.3) is 16.8 Å². The number of rotatable bonds is 8. The van der Waals surface area contributed by atoms with E-state index in [1.807, 2.05) is 0 Å². The fourth-order valence-electron chi connectivity index (χ4n) is 3.05. The van der Waals surface area contributed by atoms with Crippen LogP contribution < -0.4 is 4.74 Å². The lowest BCUT2D eigenvalue weighted by Crippen LogP contribution is -2.42. The summed E-state index contributed by atoms with van der Waals surface area (Å²) in [6.45, 7) is 3.33. The number of nitrogens with zero attached hydrogens (tertiary/aromatic N) is 2. The van der Waals surface area contributed by atoms with Gasteiger partial charge >= 0.3 is 5.97 Å². The SMILES string of the molecule is CCOC(=O)[C@H](C)N1C(=O)S/C(=C/c2cc(Br)c(OCc3cccc([N+](=O)[O-])c3)c(Br)c2)C1=O. The maximum absolute atomic E-state index is 12.8. The van der Waals surface area contributed by atoms with Crippen molar-refractivity contribution >= 4 is 72.5 Å². The first kappa shape index (κ1) is 25.9. The van der Waals surface area contributed by atoms with E-state index in [1.54, 1.807) is 37.3 Å². The van der Waals surface area contributed by atoms with Crippen LogP contribution in [0.1, 0.15) is 25.0 Å². The molecule has 9 nitrogen and oxygen atoms in total. The van der Waals surface area contributed by atoms with Crippen molar-refractivity contribution < 1.29 is 28.8 Å². The molecule has 12 heteroatoms. The maximum atomic E-state index is 12.8. The van der Waals surface area contributed by atoms with Crippen LogP contribution in [0.3, 0.4) is 0 Å². The maximum Gasteiger partial charge on any atom is 0.329 e. The number of imide groups is 1. The monoisotopic (exact) mass is 612 g/mol. The number of halogens is 2. The summed E-state index contributed by atoms with van der Waals surface area (Å²) in [5.74, 6) is -0.761. The highest BCUT2D eigenvalue weighted by atomic mass is 79.9. The first-order valence-corrected chi connectivity index (χ1v) is 12.3. The topological polar surface area (TPSA) is 116 Å². The predicted molar refractivity (Wildman–Crippen MR) is 133 cm³/mol. The van der Waals surface area contributed by atoms with Crippen molar-refractivity contribution in [1.29, 1.82) is 0 Å². The average molecular weight is 614 g/mol. The van der Waals surface area contributed by atoms with Crippen LogP contribution in [0.5, 0.6) is 5.75 Å². The third kappa shape index (κ3) is 5.86. The Morgan fingerprint density at radius 2 is 1.91 bits per heavy atom. The lowest BCUT2D eigenvalue weighted by molar-refractivity contribution is -0.384. The van der Waals surface area contributed by atoms with E-state index < -0.39 is 28.1 Å². The van der Waals surface area contributed by atoms with Gasteiger partial charge in [-0.15, -0.1) is 0 Å². The minimum absolute atomic E-state index is 0.0270. The second-order valence-corrected chi connectivity index (χ2v) is 9.71. The molecule has 0 radical (unpaired) electrons. The van der Waals surface area contributed by atoms with Crippen molar-refractivity contribution in [2.75, 3.05) is 6.61 Å². The van der Waals surface area contributed by atoms with Crippen LogP contribution in [0, 0.1) is 10.1 Å². The van der Waals surface area contributed by atoms with E-state index in [1.165, 1.54) is 19.1 Å². The van der Waals surface area contributed by atoms with Gasteiger partial charge in [-0.1, -0.05) is 12.1 Å². The van der Waals surface area contributed by atoms with Crippen LogP contribution in [0.2, 0.25) is 0 Å². The number of carbonyl (C=O) groups is 3. The zero-order valence-corrected chi connectivity index (χ0v) is 21.9. The Balaban J connectivity index is 1.77. The van der Waals surface area contributed by atoms with E-state index in [-0.39, 0.29) is 23.8 Å². The molecule has 1 fully saturated rings. The fraction of sp³-hybridized carbons (Fsp3) is 0.227. The van der Waals surface area contributed by atoms with E-state index in [0.717, 1.165) is 16.7 Å². The third-order valence-electron chi connectivity index (χ3n) is 4.66. The molecule has 0 spiro atoms. The van der Waals surface area contributed by atoms with Gasteiger partial charge in [-0.05, 0) is 86.8 Å². The van der Waals surface area contributed by atoms with E-state index in [2.05, 4.69) is 31.9 Å². The van der Waals surface area contributed by atoms with Crippen molar-refractivity contribution in [3.63, 3.8) is 0 Å². The highest BCUT2D eigenvalue weighted by Crippen LogP contribution is 2.38. The molecule has 0 aliphatic carbocycles. The summed E-state index contributed by atoms with van der Waals surface area (Å²) in [4.78, 5) is 48.6. The Labute approximate surface area is 215 Å². The van der Waals surface area contributed by atoms with Crippen molar-refractivity contribution in [3.05, 3.63) is 71.5 Å². The first-order chi connectivity index (χ1) is 16.1. The van der Waals surface area contributed by atoms with Crippen LogP contribution >= 0.6 is 43.6 Å². The minimum atomic E-state index is -1.03. The number of esters is 1. The molecule has 0 saturated carbocycles. The van der Waals surface area contributed by atoms with Gasteiger partial charge in [0.05, 0.1) is 25.4 Å². The van der Waals surface area contributed by atoms with Crippen LogP contribution in [-0.2, 0) is 20.9 Å². The van der Waals surface area contributed by atoms with Crippen molar-refractivity contribution in [2.45, 2.75) is 26.5 Å². The number of hydrogen-bond donors (Lipinski definition) is 0. The van der Waals surface area contributed by atoms with Gasteiger partial charge < -0.3 is 9.47 Å². The molecule has 1 aliphatic rings. The molecule has 178 valence electrons. The summed E-state index contributed by atoms with van der Waals surface area (Å²) in [6.07, 6.45) is 1.54. The van der Waals surface area contributed by atoms with Gasteiger partial charge in [0.15, 0.2) is 0 Å². The van der Waals surface area contributed by atoms with E-state index >= 15 is 0 Å². The molecular formula is C22H18Br2N2O7S. The van der Waals surface area contributed by atoms with Gasteiger partial charge in [0.2, 0.25) is 0 Å². The van der Waals surface area contributed by atoms with Gasteiger partial charge in [0.1, 0.15) is 18.4 Å². The van der Waals surface area contributed by atoms with Gasteiger partial charge in [-0.25, -0.2) is 4.79 Å². The normalized spacial score (nSPS) is 15.5. The number of nitro groups is 1. The molecule has 1 saturated heterocycles. The summed E-state index contributed by atoms with van der Waals surface area (Å²) in [6, 6.07) is 8.52. The van der Waals surface area contributed by atoms with E-state index in [0.29, 0.717) is 25.8 Å². The molecule has 34 heavy (non-hydrogen) atoms. The molecule has 1 aliphatic heterocycles. The van der Waals surface area contributed by atoms with Crippen LogP contribution in [-0.4, -0.2) is 39.6 Å². The molecular weight excluding hydrogens is 596 g/mol. The molecule has 0 aromatic heterocycles. The summed E-state index contributed by atoms with van der Waals surface area (Å²) in [5, 5.41) is 10.4. The number of non-ortho nitro benzene ring substituents is 1. The van der Waals surface area contributed by atoms with Gasteiger partial charge in [-0.2, -0.15) is 0 Å². The lowest BCUT2D eigenvalue weighted by atomic mass is 10.2. The van der Waals surface area contributed by atoms with Gasteiger partial charge in [-0.3, -0.25) is 24.6 Å². The standard InChI is InChI=1S/C22H18Br2N2O7S/c1-3-32-21(28)12(2)25-20(27)18(34-22(25)29)10-14-8-16(23)19(17(24)9-14)33-11-13-5-4-6-15(7-13)26(30)31/h4-10,12H,3,11H2,1-2H3/b18-10+/t12-/m0/s1. The van der Waals surface area contributed by atoms with Crippen molar-refractivity contribution in [2.24, 2.45) is 0 Å². The number of amides is 2. The smallest absolute Gasteiger partial charge is 0.329 e. The number of hydrogen-bond acceptors (Lipinski definition) is 8. The largest absolute Gasteiger partial charge is 0.487 e. The number of thioether (sulfide) groups is 1. The number of benzene rings is 2. The zero-order chi connectivity index (χ0) is 25.0. The Kier molecular flexibility index (Phi) is 8.50. The number of nitro benzene ring substituents is 1. The average Bonchev–Trinajstić information content (AvgIpc) is 3.05. The highest BCUT2D eigenvalue weighted by molar-refractivity contribution is 9.11. The summed E-state index contributed by atoms with van der Waals surface area (Å²) < 4.78 is 11.9. The molecule has 2 amide bonds. The second-order valence-electron chi connectivity index (χ2n) is 7.01. The van der Waals surface area contributed by atoms with E-state index in [4.69, 9.17) is 9.47 Å². The lowest BCUT2D eigenvalue weighted by Gasteiger charge is -2.19. The Hall–Kier alpha value is -2.70. The molecule has 1 atom stereocenters. The Morgan fingerprint density at radius 3 is 2.53 bits per heavy atom. The quantitative estimate of drug-likeness (QED) is 0.161. The summed E-state index contributed by atoms with van der Waals surface area (Å²) >= 11 is 7.61. The molecule has 2 aromatic rings. The molecule has 0 N–H and O–H groups in total. The second kappa shape index (κ2) is 11.2. The Morgan fingerprint density at radius 1 is 1.24 bits per heavy atom. The molecule has 1 heterocycles. The summed E-state index contributed by atoms with van der Waals surface area (Å²) in [5.41, 5.74) is 1.21. The van der Waals surface area contributed by atoms with E-state index in [9.17, 15) is 24.5 Å². The molecule has 0 unspecified atom stereocenters.